The predicted octanol–water partition coefficient (Wildman–Crippen LogP) is 6.02. The highest BCUT2D eigenvalue weighted by molar-refractivity contribution is 5.75. The molecule has 0 saturated heterocycles. The molecule has 2 rings (SSSR count). The lowest BCUT2D eigenvalue weighted by molar-refractivity contribution is -0.118. The quantitative estimate of drug-likeness (QED) is 0.217. The maximum Gasteiger partial charge on any atom is 0.130 e. The van der Waals surface area contributed by atoms with Crippen LogP contribution in [0.1, 0.15) is 62.7 Å². The summed E-state index contributed by atoms with van der Waals surface area (Å²) in [4.78, 5) is 24.2. The molecule has 0 aromatic heterocycles. The molecule has 172 valence electrons. The lowest BCUT2D eigenvalue weighted by Gasteiger charge is -2.11. The third-order valence-electron chi connectivity index (χ3n) is 4.45. The molecule has 10 heteroatoms. The largest absolute Gasteiger partial charge is 0.324 e. The SMILES string of the molecule is CC(=O)CCC(N)c1ccc(F)cc1F.CC(=O)CCC(N=[N+]=[N-])c1ccc(F)cc1F. The number of benzene rings is 2. The van der Waals surface area contributed by atoms with Crippen molar-refractivity contribution in [3.63, 3.8) is 0 Å². The molecule has 0 aliphatic carbocycles. The minimum absolute atomic E-state index is 0.00738. The Labute approximate surface area is 183 Å². The van der Waals surface area contributed by atoms with Crippen molar-refractivity contribution in [2.24, 2.45) is 10.8 Å². The molecule has 2 atom stereocenters. The zero-order valence-corrected chi connectivity index (χ0v) is 17.7. The van der Waals surface area contributed by atoms with E-state index in [1.54, 1.807) is 0 Å². The first-order valence-electron chi connectivity index (χ1n) is 9.73. The van der Waals surface area contributed by atoms with Gasteiger partial charge in [0.15, 0.2) is 0 Å². The molecule has 2 N–H and O–H groups in total. The zero-order chi connectivity index (χ0) is 24.3. The zero-order valence-electron chi connectivity index (χ0n) is 17.7. The summed E-state index contributed by atoms with van der Waals surface area (Å²) >= 11 is 0. The maximum absolute atomic E-state index is 13.4. The van der Waals surface area contributed by atoms with Gasteiger partial charge in [0.05, 0.1) is 6.04 Å². The summed E-state index contributed by atoms with van der Waals surface area (Å²) in [6.07, 6.45) is 1.07. The summed E-state index contributed by atoms with van der Waals surface area (Å²) in [5.41, 5.74) is 14.4. The molecule has 0 fully saturated rings. The first-order valence-corrected chi connectivity index (χ1v) is 9.73. The average Bonchev–Trinajstić information content (AvgIpc) is 2.70. The number of hydrogen-bond acceptors (Lipinski definition) is 4. The summed E-state index contributed by atoms with van der Waals surface area (Å²) in [5.74, 6) is -2.83. The molecule has 2 unspecified atom stereocenters. The fourth-order valence-electron chi connectivity index (χ4n) is 2.77. The van der Waals surface area contributed by atoms with Crippen LogP contribution in [0.3, 0.4) is 0 Å². The second-order valence-electron chi connectivity index (χ2n) is 7.14. The molecule has 0 aliphatic rings. The first-order chi connectivity index (χ1) is 15.0. The van der Waals surface area contributed by atoms with Crippen molar-refractivity contribution in [3.05, 3.63) is 81.2 Å². The van der Waals surface area contributed by atoms with Crippen LogP contribution in [0.2, 0.25) is 0 Å². The number of nitrogens with zero attached hydrogens (tertiary/aromatic N) is 3. The second-order valence-corrected chi connectivity index (χ2v) is 7.14. The van der Waals surface area contributed by atoms with Crippen molar-refractivity contribution in [1.82, 2.24) is 0 Å². The summed E-state index contributed by atoms with van der Waals surface area (Å²) in [6, 6.07) is 4.96. The lowest BCUT2D eigenvalue weighted by Crippen LogP contribution is -2.13. The number of ketones is 2. The van der Waals surface area contributed by atoms with E-state index in [4.69, 9.17) is 11.3 Å². The molecule has 0 amide bonds. The van der Waals surface area contributed by atoms with Gasteiger partial charge in [0.1, 0.15) is 34.8 Å². The number of carbonyl (C=O) groups excluding carboxylic acids is 2. The van der Waals surface area contributed by atoms with Crippen LogP contribution in [-0.2, 0) is 9.59 Å². The van der Waals surface area contributed by atoms with Crippen molar-refractivity contribution in [2.75, 3.05) is 0 Å². The number of nitrogens with two attached hydrogens (primary N) is 1. The van der Waals surface area contributed by atoms with Gasteiger partial charge in [-0.05, 0) is 49.9 Å². The van der Waals surface area contributed by atoms with Gasteiger partial charge in [-0.1, -0.05) is 17.2 Å². The van der Waals surface area contributed by atoms with Gasteiger partial charge in [-0.2, -0.15) is 0 Å². The smallest absolute Gasteiger partial charge is 0.130 e. The van der Waals surface area contributed by atoms with Crippen molar-refractivity contribution in [1.29, 1.82) is 0 Å². The number of carbonyl (C=O) groups is 2. The lowest BCUT2D eigenvalue weighted by atomic mass is 10.0. The molecular formula is C22H24F4N4O2. The summed E-state index contributed by atoms with van der Waals surface area (Å²) in [6.45, 7) is 2.85. The topological polar surface area (TPSA) is 109 Å². The molecule has 6 nitrogen and oxygen atoms in total. The molecule has 32 heavy (non-hydrogen) atoms. The van der Waals surface area contributed by atoms with Crippen LogP contribution in [-0.4, -0.2) is 11.6 Å². The normalized spacial score (nSPS) is 12.1. The fraction of sp³-hybridized carbons (Fsp3) is 0.364. The number of Topliss-reactive ketones (excluding diaryl/α,β-unsaturated/α-hetero) is 2. The summed E-state index contributed by atoms with van der Waals surface area (Å²) < 4.78 is 52.0. The molecule has 0 bridgehead atoms. The molecule has 2 aromatic carbocycles. The third-order valence-corrected chi connectivity index (χ3v) is 4.45. The highest BCUT2D eigenvalue weighted by atomic mass is 19.1. The van der Waals surface area contributed by atoms with Gasteiger partial charge < -0.3 is 15.3 Å². The molecule has 0 aliphatic heterocycles. The fourth-order valence-corrected chi connectivity index (χ4v) is 2.77. The van der Waals surface area contributed by atoms with Gasteiger partial charge >= 0.3 is 0 Å². The predicted molar refractivity (Wildman–Crippen MR) is 111 cm³/mol. The number of halogens is 4. The second kappa shape index (κ2) is 13.2. The Bertz CT molecular complexity index is 994. The van der Waals surface area contributed by atoms with E-state index >= 15 is 0 Å². The highest BCUT2D eigenvalue weighted by Gasteiger charge is 2.15. The van der Waals surface area contributed by atoms with E-state index in [-0.39, 0.29) is 35.5 Å². The van der Waals surface area contributed by atoms with Crippen molar-refractivity contribution in [2.45, 2.75) is 51.6 Å². The summed E-state index contributed by atoms with van der Waals surface area (Å²) in [5, 5.41) is 3.42. The Balaban J connectivity index is 0.000000323. The van der Waals surface area contributed by atoms with E-state index in [1.165, 1.54) is 26.0 Å². The van der Waals surface area contributed by atoms with E-state index in [1.807, 2.05) is 0 Å². The van der Waals surface area contributed by atoms with Gasteiger partial charge in [-0.15, -0.1) is 0 Å². The number of azide groups is 1. The van der Waals surface area contributed by atoms with Gasteiger partial charge in [-0.3, -0.25) is 0 Å². The Morgan fingerprint density at radius 1 is 0.906 bits per heavy atom. The van der Waals surface area contributed by atoms with Crippen LogP contribution in [0.15, 0.2) is 41.5 Å². The van der Waals surface area contributed by atoms with Crippen LogP contribution < -0.4 is 5.73 Å². The Morgan fingerprint density at radius 3 is 1.81 bits per heavy atom. The van der Waals surface area contributed by atoms with Crippen LogP contribution in [0.5, 0.6) is 0 Å². The van der Waals surface area contributed by atoms with Gasteiger partial charge in [0.25, 0.3) is 0 Å². The molecule has 0 radical (unpaired) electrons. The standard InChI is InChI=1S/C11H11F2N3O.C11H13F2NO/c1-7(17)2-5-11(15-16-14)9-4-3-8(12)6-10(9)13;1-7(15)2-5-11(14)9-4-3-8(12)6-10(9)13/h3-4,6,11H,2,5H2,1H3;3-4,6,11H,2,5,14H2,1H3. The maximum atomic E-state index is 13.4. The van der Waals surface area contributed by atoms with Crippen molar-refractivity contribution < 1.29 is 27.2 Å². The molecule has 2 aromatic rings. The Kier molecular flexibility index (Phi) is 11.1. The average molecular weight is 452 g/mol. The van der Waals surface area contributed by atoms with Crippen LogP contribution in [0.25, 0.3) is 10.4 Å². The van der Waals surface area contributed by atoms with Crippen molar-refractivity contribution in [3.8, 4) is 0 Å². The monoisotopic (exact) mass is 452 g/mol. The molecule has 0 saturated carbocycles. The Hall–Kier alpha value is -3.23. The van der Waals surface area contributed by atoms with E-state index < -0.39 is 35.4 Å². The first kappa shape index (κ1) is 26.8. The number of rotatable bonds is 9. The summed E-state index contributed by atoms with van der Waals surface area (Å²) in [7, 11) is 0. The van der Waals surface area contributed by atoms with Gasteiger partial charge in [0, 0.05) is 41.5 Å². The molecule has 0 spiro atoms. The number of hydrogen-bond donors (Lipinski definition) is 1. The van der Waals surface area contributed by atoms with E-state index in [2.05, 4.69) is 10.0 Å². The van der Waals surface area contributed by atoms with Crippen LogP contribution in [0.4, 0.5) is 17.6 Å². The molecular weight excluding hydrogens is 428 g/mol. The molecule has 0 heterocycles. The minimum atomic E-state index is -0.788. The van der Waals surface area contributed by atoms with Crippen LogP contribution in [0, 0.1) is 23.3 Å². The third kappa shape index (κ3) is 9.28. The van der Waals surface area contributed by atoms with E-state index in [0.29, 0.717) is 12.8 Å². The highest BCUT2D eigenvalue weighted by Crippen LogP contribution is 2.26. The van der Waals surface area contributed by atoms with E-state index in [9.17, 15) is 27.2 Å². The van der Waals surface area contributed by atoms with E-state index in [0.717, 1.165) is 24.3 Å². The Morgan fingerprint density at radius 2 is 1.38 bits per heavy atom. The van der Waals surface area contributed by atoms with Crippen molar-refractivity contribution >= 4 is 11.6 Å². The minimum Gasteiger partial charge on any atom is -0.324 e. The van der Waals surface area contributed by atoms with Gasteiger partial charge in [-0.25, -0.2) is 17.6 Å². The van der Waals surface area contributed by atoms with Gasteiger partial charge in [0.2, 0.25) is 0 Å². The van der Waals surface area contributed by atoms with Crippen LogP contribution >= 0.6 is 0 Å².